The summed E-state index contributed by atoms with van der Waals surface area (Å²) in [5.74, 6) is 0. The Bertz CT molecular complexity index is 682. The van der Waals surface area contributed by atoms with E-state index in [1.54, 1.807) is 0 Å². The Morgan fingerprint density at radius 3 is 1.30 bits per heavy atom. The molecule has 0 bridgehead atoms. The van der Waals surface area contributed by atoms with Gasteiger partial charge in [0.25, 0.3) is 0 Å². The van der Waals surface area contributed by atoms with E-state index in [-0.39, 0.29) is 0 Å². The predicted molar refractivity (Wildman–Crippen MR) is 114 cm³/mol. The van der Waals surface area contributed by atoms with E-state index in [1.165, 1.54) is 70.8 Å². The van der Waals surface area contributed by atoms with E-state index in [4.69, 9.17) is 5.11 Å². The monoisotopic (exact) mass is 538 g/mol. The predicted octanol–water partition coefficient (Wildman–Crippen LogP) is 5.04. The van der Waals surface area contributed by atoms with Crippen LogP contribution in [0.4, 0.5) is 26.3 Å². The lowest BCUT2D eigenvalue weighted by Crippen LogP contribution is -2.42. The molecular weight excluding hydrogens is 502 g/mol. The molecule has 1 N–H and O–H groups in total. The van der Waals surface area contributed by atoms with Crippen molar-refractivity contribution < 1.29 is 52.8 Å². The summed E-state index contributed by atoms with van der Waals surface area (Å²) in [7, 11) is -9.02. The van der Waals surface area contributed by atoms with Crippen molar-refractivity contribution in [2.75, 3.05) is 33.8 Å². The van der Waals surface area contributed by atoms with E-state index in [1.807, 2.05) is 0 Å². The number of aliphatic hydroxyl groups excluding tert-OH is 1. The fourth-order valence-corrected chi connectivity index (χ4v) is 4.33. The Morgan fingerprint density at radius 1 is 0.667 bits per heavy atom. The van der Waals surface area contributed by atoms with Gasteiger partial charge >= 0.3 is 11.0 Å². The molecule has 0 saturated carbocycles. The number of hydrogen-bond donors (Lipinski definition) is 1. The third kappa shape index (κ3) is 16.6. The van der Waals surface area contributed by atoms with Crippen LogP contribution in [0.3, 0.4) is 0 Å². The highest BCUT2D eigenvalue weighted by Gasteiger charge is 2.46. The standard InChI is InChI=1S/C16H36NO.C2F6NO4S2/c1-4-5-6-7-8-9-10-11-12-13-14-17(2,3)15-16-18;3-1(4,5)14(10,11)9-15(12,13)2(6,7)8/h18H,4-16H2,1-3H3;/q+1;-1. The quantitative estimate of drug-likeness (QED) is 0.179. The van der Waals surface area contributed by atoms with Crippen molar-refractivity contribution in [3.05, 3.63) is 4.13 Å². The minimum absolute atomic E-state index is 0.310. The molecule has 0 aromatic rings. The first-order valence-corrected chi connectivity index (χ1v) is 13.5. The van der Waals surface area contributed by atoms with Gasteiger partial charge < -0.3 is 13.7 Å². The zero-order chi connectivity index (χ0) is 26.4. The van der Waals surface area contributed by atoms with Crippen molar-refractivity contribution in [3.63, 3.8) is 0 Å². The minimum atomic E-state index is -6.72. The first kappa shape index (κ1) is 34.5. The maximum atomic E-state index is 11.4. The summed E-state index contributed by atoms with van der Waals surface area (Å²) < 4.78 is 110. The van der Waals surface area contributed by atoms with Gasteiger partial charge in [0.15, 0.2) is 20.0 Å². The second-order valence-corrected chi connectivity index (χ2v) is 11.6. The molecular formula is C18H36F6N2O5S2. The second kappa shape index (κ2) is 15.4. The number of rotatable bonds is 15. The number of aliphatic hydroxyl groups is 1. The minimum Gasteiger partial charge on any atom is -0.421 e. The summed E-state index contributed by atoms with van der Waals surface area (Å²) in [4.78, 5) is 0. The first-order chi connectivity index (χ1) is 14.8. The Balaban J connectivity index is 0. The second-order valence-electron chi connectivity index (χ2n) is 8.20. The molecule has 0 heterocycles. The molecule has 0 rings (SSSR count). The summed E-state index contributed by atoms with van der Waals surface area (Å²) in [6.07, 6.45) is 14.0. The van der Waals surface area contributed by atoms with Gasteiger partial charge in [0.2, 0.25) is 0 Å². The molecule has 0 aliphatic heterocycles. The van der Waals surface area contributed by atoms with E-state index in [9.17, 15) is 43.2 Å². The number of hydrogen-bond acceptors (Lipinski definition) is 5. The van der Waals surface area contributed by atoms with Crippen LogP contribution in [0.25, 0.3) is 4.13 Å². The number of quaternary nitrogens is 1. The van der Waals surface area contributed by atoms with Gasteiger partial charge in [-0.1, -0.05) is 58.3 Å². The van der Waals surface area contributed by atoms with Crippen LogP contribution in [0.15, 0.2) is 0 Å². The van der Waals surface area contributed by atoms with Crippen molar-refractivity contribution in [2.24, 2.45) is 0 Å². The maximum absolute atomic E-state index is 11.4. The molecule has 0 atom stereocenters. The third-order valence-electron chi connectivity index (χ3n) is 4.60. The highest BCUT2D eigenvalue weighted by atomic mass is 32.3. The van der Waals surface area contributed by atoms with E-state index >= 15 is 0 Å². The fraction of sp³-hybridized carbons (Fsp3) is 1.00. The van der Waals surface area contributed by atoms with Gasteiger partial charge in [0.1, 0.15) is 6.54 Å². The van der Waals surface area contributed by atoms with Gasteiger partial charge in [-0.3, -0.25) is 0 Å². The maximum Gasteiger partial charge on any atom is 0.480 e. The van der Waals surface area contributed by atoms with E-state index in [2.05, 4.69) is 21.0 Å². The number of nitrogens with zero attached hydrogens (tertiary/aromatic N) is 2. The topological polar surface area (TPSA) is 103 Å². The third-order valence-corrected chi connectivity index (χ3v) is 7.34. The molecule has 0 aliphatic carbocycles. The lowest BCUT2D eigenvalue weighted by atomic mass is 10.1. The molecule has 0 aromatic heterocycles. The highest BCUT2D eigenvalue weighted by Crippen LogP contribution is 2.36. The highest BCUT2D eigenvalue weighted by molar-refractivity contribution is 8.13. The molecule has 0 unspecified atom stereocenters. The largest absolute Gasteiger partial charge is 0.480 e. The van der Waals surface area contributed by atoms with Crippen LogP contribution >= 0.6 is 0 Å². The molecule has 0 saturated heterocycles. The normalized spacial score (nSPS) is 13.5. The van der Waals surface area contributed by atoms with Crippen LogP contribution in [-0.4, -0.2) is 71.2 Å². The molecule has 33 heavy (non-hydrogen) atoms. The first-order valence-electron chi connectivity index (χ1n) is 10.6. The van der Waals surface area contributed by atoms with Crippen LogP contribution in [-0.2, 0) is 20.0 Å². The summed E-state index contributed by atoms with van der Waals surface area (Å²) in [5.41, 5.74) is -12.4. The summed E-state index contributed by atoms with van der Waals surface area (Å²) in [5, 5.41) is 8.95. The van der Waals surface area contributed by atoms with Gasteiger partial charge in [-0.05, 0) is 12.8 Å². The molecule has 0 fully saturated rings. The Hall–Kier alpha value is -0.640. The van der Waals surface area contributed by atoms with Gasteiger partial charge in [-0.2, -0.15) is 26.3 Å². The smallest absolute Gasteiger partial charge is 0.421 e. The molecule has 0 radical (unpaired) electrons. The number of likely N-dealkylation sites (N-methyl/N-ethyl adjacent to an activating group) is 1. The van der Waals surface area contributed by atoms with Gasteiger partial charge in [-0.15, -0.1) is 0 Å². The van der Waals surface area contributed by atoms with Crippen LogP contribution < -0.4 is 0 Å². The Labute approximate surface area is 193 Å². The van der Waals surface area contributed by atoms with Crippen molar-refractivity contribution in [1.29, 1.82) is 0 Å². The number of alkyl halides is 6. The zero-order valence-corrected chi connectivity index (χ0v) is 20.9. The van der Waals surface area contributed by atoms with Crippen molar-refractivity contribution in [3.8, 4) is 0 Å². The van der Waals surface area contributed by atoms with Crippen LogP contribution in [0.2, 0.25) is 0 Å². The zero-order valence-electron chi connectivity index (χ0n) is 19.3. The number of sulfonamides is 2. The van der Waals surface area contributed by atoms with Gasteiger partial charge in [-0.25, -0.2) is 16.8 Å². The van der Waals surface area contributed by atoms with Crippen molar-refractivity contribution >= 4 is 20.0 Å². The van der Waals surface area contributed by atoms with Crippen molar-refractivity contribution in [1.82, 2.24) is 0 Å². The molecule has 202 valence electrons. The van der Waals surface area contributed by atoms with Crippen LogP contribution in [0.1, 0.15) is 71.1 Å². The van der Waals surface area contributed by atoms with E-state index in [0.717, 1.165) is 15.2 Å². The molecule has 15 heteroatoms. The van der Waals surface area contributed by atoms with Crippen molar-refractivity contribution in [2.45, 2.75) is 82.1 Å². The molecule has 0 spiro atoms. The van der Waals surface area contributed by atoms with Crippen LogP contribution in [0.5, 0.6) is 0 Å². The fourth-order valence-electron chi connectivity index (χ4n) is 2.62. The lowest BCUT2D eigenvalue weighted by molar-refractivity contribution is -0.890. The summed E-state index contributed by atoms with van der Waals surface area (Å²) >= 11 is 0. The average molecular weight is 539 g/mol. The Kier molecular flexibility index (Phi) is 16.1. The molecule has 0 aromatic carbocycles. The molecule has 0 aliphatic rings. The summed E-state index contributed by atoms with van der Waals surface area (Å²) in [6, 6.07) is 0. The average Bonchev–Trinajstić information content (AvgIpc) is 2.61. The van der Waals surface area contributed by atoms with Crippen LogP contribution in [0, 0.1) is 0 Å². The number of unbranched alkanes of at least 4 members (excludes halogenated alkanes) is 9. The number of halogens is 6. The molecule has 0 amide bonds. The lowest BCUT2D eigenvalue weighted by Gasteiger charge is -2.28. The van der Waals surface area contributed by atoms with E-state index < -0.39 is 31.1 Å². The summed E-state index contributed by atoms with van der Waals surface area (Å²) in [6.45, 7) is 4.68. The van der Waals surface area contributed by atoms with E-state index in [0.29, 0.717) is 6.61 Å². The Morgan fingerprint density at radius 2 is 1.00 bits per heavy atom. The SMILES string of the molecule is CCCCCCCCCCCC[N+](C)(C)CCO.O=S(=O)([N-]S(=O)(=O)C(F)(F)F)C(F)(F)F. The van der Waals surface area contributed by atoms with Gasteiger partial charge in [0, 0.05) is 0 Å². The van der Waals surface area contributed by atoms with Gasteiger partial charge in [0.05, 0.1) is 27.2 Å². The molecule has 7 nitrogen and oxygen atoms in total.